The Morgan fingerprint density at radius 2 is 1.90 bits per heavy atom. The van der Waals surface area contributed by atoms with Crippen LogP contribution in [0.5, 0.6) is 0 Å². The molecule has 2 aromatic rings. The lowest BCUT2D eigenvalue weighted by molar-refractivity contribution is 0.0884. The number of nitrogens with zero attached hydrogens (tertiary/aromatic N) is 2. The van der Waals surface area contributed by atoms with E-state index in [2.05, 4.69) is 10.3 Å². The minimum atomic E-state index is -0.432. The third-order valence-electron chi connectivity index (χ3n) is 4.95. The fraction of sp³-hybridized carbons (Fsp3) is 0.438. The van der Waals surface area contributed by atoms with E-state index in [1.54, 1.807) is 12.1 Å². The maximum atomic E-state index is 12.6. The number of aliphatic hydroxyl groups excluding tert-OH is 1. The molecule has 2 bridgehead atoms. The molecule has 1 aromatic carbocycles. The van der Waals surface area contributed by atoms with Crippen LogP contribution in [-0.4, -0.2) is 27.3 Å². The van der Waals surface area contributed by atoms with Crippen molar-refractivity contribution < 1.29 is 14.5 Å². The summed E-state index contributed by atoms with van der Waals surface area (Å²) in [7, 11) is 0. The quantitative estimate of drug-likeness (QED) is 0.874. The van der Waals surface area contributed by atoms with Gasteiger partial charge in [0, 0.05) is 11.5 Å². The highest BCUT2D eigenvalue weighted by Gasteiger charge is 2.50. The van der Waals surface area contributed by atoms with E-state index in [1.165, 1.54) is 0 Å². The summed E-state index contributed by atoms with van der Waals surface area (Å²) in [6.07, 6.45) is 2.73. The first kappa shape index (κ1) is 12.7. The number of carbonyl (C=O) groups is 1. The number of hydrogen-bond acceptors (Lipinski definition) is 5. The minimum absolute atomic E-state index is 0.113. The average molecular weight is 284 g/mol. The van der Waals surface area contributed by atoms with Gasteiger partial charge in [-0.25, -0.2) is 4.63 Å². The van der Waals surface area contributed by atoms with Crippen LogP contribution in [0, 0.1) is 11.8 Å². The van der Waals surface area contributed by atoms with Crippen molar-refractivity contribution in [3.63, 3.8) is 0 Å². The normalized spacial score (nSPS) is 30.7. The minimum Gasteiger partial charge on any atom is -0.392 e. The number of hydrogen-bond donors (Lipinski definition) is 1. The summed E-state index contributed by atoms with van der Waals surface area (Å²) in [5.41, 5.74) is 1.34. The van der Waals surface area contributed by atoms with Crippen molar-refractivity contribution in [1.29, 1.82) is 0 Å². The first-order valence-corrected chi connectivity index (χ1v) is 7.36. The van der Waals surface area contributed by atoms with Crippen LogP contribution in [0.15, 0.2) is 35.0 Å². The maximum absolute atomic E-state index is 12.6. The SMILES string of the molecule is O=C(c1ccccc1)c1nonc1[C@@H]1[C@H]2CC[C@H](C2)[C@@H]1O. The Labute approximate surface area is 121 Å². The first-order chi connectivity index (χ1) is 10.3. The molecular weight excluding hydrogens is 268 g/mol. The van der Waals surface area contributed by atoms with Crippen LogP contribution >= 0.6 is 0 Å². The monoisotopic (exact) mass is 284 g/mol. The third-order valence-corrected chi connectivity index (χ3v) is 4.95. The second kappa shape index (κ2) is 4.77. The Morgan fingerprint density at radius 1 is 1.14 bits per heavy atom. The molecule has 0 spiro atoms. The Morgan fingerprint density at radius 3 is 2.62 bits per heavy atom. The van der Waals surface area contributed by atoms with Gasteiger partial charge in [0.25, 0.3) is 0 Å². The van der Waals surface area contributed by atoms with Crippen molar-refractivity contribution in [3.05, 3.63) is 47.3 Å². The van der Waals surface area contributed by atoms with Gasteiger partial charge in [-0.1, -0.05) is 35.5 Å². The predicted molar refractivity (Wildman–Crippen MR) is 73.8 cm³/mol. The molecule has 21 heavy (non-hydrogen) atoms. The van der Waals surface area contributed by atoms with Gasteiger partial charge in [-0.3, -0.25) is 4.79 Å². The predicted octanol–water partition coefficient (Wildman–Crippen LogP) is 2.18. The average Bonchev–Trinajstić information content (AvgIpc) is 3.22. The molecule has 2 saturated carbocycles. The van der Waals surface area contributed by atoms with Gasteiger partial charge >= 0.3 is 0 Å². The molecule has 4 atom stereocenters. The third kappa shape index (κ3) is 1.92. The molecule has 4 rings (SSSR count). The number of aliphatic hydroxyl groups is 1. The van der Waals surface area contributed by atoms with E-state index in [0.29, 0.717) is 23.1 Å². The molecule has 0 unspecified atom stereocenters. The molecule has 0 amide bonds. The second-order valence-electron chi connectivity index (χ2n) is 6.04. The molecule has 1 aromatic heterocycles. The molecule has 0 aliphatic heterocycles. The largest absolute Gasteiger partial charge is 0.392 e. The number of ketones is 1. The molecular formula is C16H16N2O3. The van der Waals surface area contributed by atoms with Crippen LogP contribution in [0.2, 0.25) is 0 Å². The first-order valence-electron chi connectivity index (χ1n) is 7.36. The molecule has 1 heterocycles. The van der Waals surface area contributed by atoms with Gasteiger partial charge in [0.15, 0.2) is 5.69 Å². The summed E-state index contributed by atoms with van der Waals surface area (Å²) in [5, 5.41) is 18.2. The molecule has 108 valence electrons. The van der Waals surface area contributed by atoms with Crippen molar-refractivity contribution in [1.82, 2.24) is 10.3 Å². The highest BCUT2D eigenvalue weighted by molar-refractivity contribution is 6.08. The summed E-state index contributed by atoms with van der Waals surface area (Å²) < 4.78 is 4.82. The zero-order valence-corrected chi connectivity index (χ0v) is 11.5. The molecule has 5 heteroatoms. The van der Waals surface area contributed by atoms with Crippen molar-refractivity contribution in [2.45, 2.75) is 31.3 Å². The van der Waals surface area contributed by atoms with Crippen LogP contribution in [0.4, 0.5) is 0 Å². The Bertz CT molecular complexity index is 665. The van der Waals surface area contributed by atoms with Crippen LogP contribution in [0.3, 0.4) is 0 Å². The number of benzene rings is 1. The lowest BCUT2D eigenvalue weighted by Crippen LogP contribution is -2.27. The fourth-order valence-corrected chi connectivity index (χ4v) is 3.94. The summed E-state index contributed by atoms with van der Waals surface area (Å²) in [5.74, 6) is 0.412. The molecule has 0 radical (unpaired) electrons. The molecule has 2 aliphatic carbocycles. The Hall–Kier alpha value is -2.01. The summed E-state index contributed by atoms with van der Waals surface area (Å²) in [6, 6.07) is 8.98. The van der Waals surface area contributed by atoms with Crippen LogP contribution in [-0.2, 0) is 0 Å². The zero-order chi connectivity index (χ0) is 14.4. The molecule has 5 nitrogen and oxygen atoms in total. The fourth-order valence-electron chi connectivity index (χ4n) is 3.94. The Balaban J connectivity index is 1.70. The van der Waals surface area contributed by atoms with Crippen LogP contribution in [0.25, 0.3) is 0 Å². The van der Waals surface area contributed by atoms with Crippen molar-refractivity contribution in [2.75, 3.05) is 0 Å². The highest BCUT2D eigenvalue weighted by Crippen LogP contribution is 2.53. The smallest absolute Gasteiger partial charge is 0.216 e. The van der Waals surface area contributed by atoms with Gasteiger partial charge in [0.1, 0.15) is 5.69 Å². The van der Waals surface area contributed by atoms with Crippen molar-refractivity contribution >= 4 is 5.78 Å². The molecule has 2 fully saturated rings. The lowest BCUT2D eigenvalue weighted by Gasteiger charge is -2.25. The lowest BCUT2D eigenvalue weighted by atomic mass is 9.82. The number of fused-ring (bicyclic) bond motifs is 2. The maximum Gasteiger partial charge on any atom is 0.216 e. The van der Waals surface area contributed by atoms with Gasteiger partial charge in [0.05, 0.1) is 6.10 Å². The van der Waals surface area contributed by atoms with Gasteiger partial charge in [-0.05, 0) is 36.3 Å². The second-order valence-corrected chi connectivity index (χ2v) is 6.04. The summed E-state index contributed by atoms with van der Waals surface area (Å²) in [4.78, 5) is 12.6. The standard InChI is InChI=1S/C16H16N2O3/c19-15-11-7-6-10(8-11)12(15)13-14(18-21-17-13)16(20)9-4-2-1-3-5-9/h1-5,10-12,15,19H,6-8H2/t10-,11+,12-,15-/m0/s1. The van der Waals surface area contributed by atoms with Crippen molar-refractivity contribution in [2.24, 2.45) is 11.8 Å². The summed E-state index contributed by atoms with van der Waals surface area (Å²) >= 11 is 0. The topological polar surface area (TPSA) is 76.2 Å². The van der Waals surface area contributed by atoms with E-state index in [4.69, 9.17) is 4.63 Å². The van der Waals surface area contributed by atoms with E-state index in [0.717, 1.165) is 19.3 Å². The number of rotatable bonds is 3. The molecule has 2 aliphatic rings. The Kier molecular flexibility index (Phi) is 2.89. The highest BCUT2D eigenvalue weighted by atomic mass is 16.6. The van der Waals surface area contributed by atoms with E-state index in [-0.39, 0.29) is 17.4 Å². The van der Waals surface area contributed by atoms with E-state index in [9.17, 15) is 9.90 Å². The van der Waals surface area contributed by atoms with Gasteiger partial charge in [-0.15, -0.1) is 0 Å². The number of carbonyl (C=O) groups excluding carboxylic acids is 1. The van der Waals surface area contributed by atoms with Gasteiger partial charge < -0.3 is 5.11 Å². The van der Waals surface area contributed by atoms with E-state index < -0.39 is 6.10 Å². The number of aromatic nitrogens is 2. The molecule has 0 saturated heterocycles. The van der Waals surface area contributed by atoms with Gasteiger partial charge in [-0.2, -0.15) is 0 Å². The zero-order valence-electron chi connectivity index (χ0n) is 11.5. The van der Waals surface area contributed by atoms with E-state index in [1.807, 2.05) is 18.2 Å². The summed E-state index contributed by atoms with van der Waals surface area (Å²) in [6.45, 7) is 0. The molecule has 1 N–H and O–H groups in total. The van der Waals surface area contributed by atoms with Gasteiger partial charge in [0.2, 0.25) is 5.78 Å². The van der Waals surface area contributed by atoms with Crippen LogP contribution < -0.4 is 0 Å². The van der Waals surface area contributed by atoms with E-state index >= 15 is 0 Å². The van der Waals surface area contributed by atoms with Crippen molar-refractivity contribution in [3.8, 4) is 0 Å². The van der Waals surface area contributed by atoms with Crippen LogP contribution in [0.1, 0.15) is 46.9 Å².